The van der Waals surface area contributed by atoms with E-state index in [1.807, 2.05) is 24.3 Å². The molecule has 0 aromatic heterocycles. The van der Waals surface area contributed by atoms with Crippen molar-refractivity contribution < 1.29 is 14.7 Å². The Bertz CT molecular complexity index is 458. The quantitative estimate of drug-likeness (QED) is 0.299. The Hall–Kier alpha value is -1.68. The van der Waals surface area contributed by atoms with Crippen molar-refractivity contribution >= 4 is 0 Å². The second-order valence-electron chi connectivity index (χ2n) is 7.13. The predicted octanol–water partition coefficient (Wildman–Crippen LogP) is 4.33. The molecule has 3 nitrogen and oxygen atoms in total. The molecule has 0 aromatic carbocycles. The smallest absolute Gasteiger partial charge is 0.120 e. The first-order chi connectivity index (χ1) is 12.4. The van der Waals surface area contributed by atoms with Crippen LogP contribution >= 0.6 is 0 Å². The van der Waals surface area contributed by atoms with Crippen molar-refractivity contribution in [2.75, 3.05) is 26.2 Å². The van der Waals surface area contributed by atoms with E-state index in [0.29, 0.717) is 37.0 Å². The summed E-state index contributed by atoms with van der Waals surface area (Å²) in [6.45, 7) is 25.0. The van der Waals surface area contributed by atoms with Gasteiger partial charge < -0.3 is 14.7 Å². The molecule has 26 heavy (non-hydrogen) atoms. The molecule has 3 heteroatoms. The zero-order valence-electron chi connectivity index (χ0n) is 16.4. The maximum atomic E-state index is 11.3. The lowest BCUT2D eigenvalue weighted by molar-refractivity contribution is -0.976. The summed E-state index contributed by atoms with van der Waals surface area (Å²) < 4.78 is 0.481. The van der Waals surface area contributed by atoms with Crippen LogP contribution in [0, 0.1) is 0 Å². The number of aliphatic hydroxyl groups is 2. The Morgan fingerprint density at radius 2 is 1.12 bits per heavy atom. The summed E-state index contributed by atoms with van der Waals surface area (Å²) in [5, 5.41) is 21.2. The summed E-state index contributed by atoms with van der Waals surface area (Å²) in [5.41, 5.74) is -1.30. The highest BCUT2D eigenvalue weighted by molar-refractivity contribution is 5.01. The molecule has 0 aliphatic carbocycles. The molecule has 0 amide bonds. The van der Waals surface area contributed by atoms with Gasteiger partial charge in [-0.3, -0.25) is 0 Å². The van der Waals surface area contributed by atoms with E-state index in [-0.39, 0.29) is 12.1 Å². The maximum Gasteiger partial charge on any atom is 0.120 e. The summed E-state index contributed by atoms with van der Waals surface area (Å²) >= 11 is 0. The Labute approximate surface area is 160 Å². The van der Waals surface area contributed by atoms with Crippen molar-refractivity contribution in [3.8, 4) is 0 Å². The van der Waals surface area contributed by atoms with Gasteiger partial charge in [-0.05, 0) is 18.9 Å². The van der Waals surface area contributed by atoms with Crippen LogP contribution in [0.3, 0.4) is 0 Å². The fourth-order valence-electron chi connectivity index (χ4n) is 4.22. The minimum atomic E-state index is -0.990. The molecule has 0 aliphatic rings. The molecule has 0 aromatic rings. The van der Waals surface area contributed by atoms with Crippen molar-refractivity contribution in [1.29, 1.82) is 0 Å². The average molecular weight is 361 g/mol. The van der Waals surface area contributed by atoms with Crippen molar-refractivity contribution in [3.63, 3.8) is 0 Å². The van der Waals surface area contributed by atoms with E-state index in [1.165, 1.54) is 0 Å². The molecule has 2 N–H and O–H groups in total. The van der Waals surface area contributed by atoms with E-state index in [1.54, 1.807) is 12.2 Å². The molecule has 1 atom stereocenters. The molecule has 0 heterocycles. The standard InChI is InChI=1S/C23H38NO2/c1-7-13-22(14-8-2,15-9-3)24(18-12-6,19-20-25)21-23(26,16-10-4)17-11-5/h7-12,25-26H,1-6,13-21H2/q+1. The van der Waals surface area contributed by atoms with Crippen LogP contribution < -0.4 is 0 Å². The van der Waals surface area contributed by atoms with Crippen LogP contribution in [0.4, 0.5) is 0 Å². The van der Waals surface area contributed by atoms with Crippen LogP contribution in [-0.2, 0) is 0 Å². The van der Waals surface area contributed by atoms with Gasteiger partial charge in [-0.15, -0.1) is 32.9 Å². The number of hydrogen-bond acceptors (Lipinski definition) is 2. The molecule has 0 bridgehead atoms. The fraction of sp³-hybridized carbons (Fsp3) is 0.478. The number of quaternary nitrogens is 1. The van der Waals surface area contributed by atoms with Gasteiger partial charge in [0.05, 0.1) is 13.2 Å². The topological polar surface area (TPSA) is 40.5 Å². The van der Waals surface area contributed by atoms with E-state index in [9.17, 15) is 10.2 Å². The van der Waals surface area contributed by atoms with Crippen molar-refractivity contribution in [1.82, 2.24) is 0 Å². The van der Waals surface area contributed by atoms with Gasteiger partial charge in [0.1, 0.15) is 24.2 Å². The summed E-state index contributed by atoms with van der Waals surface area (Å²) in [6, 6.07) is 0. The first-order valence-electron chi connectivity index (χ1n) is 9.23. The molecule has 0 rings (SSSR count). The number of aliphatic hydroxyl groups excluding tert-OH is 1. The first-order valence-corrected chi connectivity index (χ1v) is 9.23. The highest BCUT2D eigenvalue weighted by Gasteiger charge is 2.51. The Balaban J connectivity index is 6.47. The normalized spacial score (nSPS) is 14.1. The molecule has 0 fully saturated rings. The van der Waals surface area contributed by atoms with Crippen LogP contribution in [0.5, 0.6) is 0 Å². The SMILES string of the molecule is C=CCC(O)(CC=C)C[N+](CC=C)(CCO)C(CC=C)(CC=C)CC=C. The summed E-state index contributed by atoms with van der Waals surface area (Å²) in [5.74, 6) is 0. The number of hydrogen-bond donors (Lipinski definition) is 2. The van der Waals surface area contributed by atoms with E-state index in [4.69, 9.17) is 0 Å². The molecule has 0 spiro atoms. The van der Waals surface area contributed by atoms with Gasteiger partial charge in [-0.2, -0.15) is 0 Å². The summed E-state index contributed by atoms with van der Waals surface area (Å²) in [6.07, 6.45) is 14.1. The van der Waals surface area contributed by atoms with Crippen molar-refractivity contribution in [3.05, 3.63) is 75.9 Å². The molecule has 0 radical (unpaired) electrons. The molecule has 146 valence electrons. The first kappa shape index (κ1) is 24.3. The van der Waals surface area contributed by atoms with Crippen LogP contribution in [0.2, 0.25) is 0 Å². The number of rotatable bonds is 17. The third kappa shape index (κ3) is 5.94. The molecular weight excluding hydrogens is 322 g/mol. The Kier molecular flexibility index (Phi) is 11.1. The minimum absolute atomic E-state index is 0.0132. The van der Waals surface area contributed by atoms with E-state index in [2.05, 4.69) is 39.5 Å². The second kappa shape index (κ2) is 11.8. The van der Waals surface area contributed by atoms with E-state index in [0.717, 1.165) is 19.3 Å². The zero-order valence-corrected chi connectivity index (χ0v) is 16.4. The Morgan fingerprint density at radius 3 is 1.42 bits per heavy atom. The summed E-state index contributed by atoms with van der Waals surface area (Å²) in [4.78, 5) is 0. The largest absolute Gasteiger partial charge is 0.391 e. The molecule has 0 saturated carbocycles. The van der Waals surface area contributed by atoms with Crippen LogP contribution in [0.1, 0.15) is 32.1 Å². The van der Waals surface area contributed by atoms with Crippen molar-refractivity contribution in [2.24, 2.45) is 0 Å². The van der Waals surface area contributed by atoms with E-state index < -0.39 is 5.60 Å². The monoisotopic (exact) mass is 360 g/mol. The molecule has 0 saturated heterocycles. The van der Waals surface area contributed by atoms with Crippen molar-refractivity contribution in [2.45, 2.75) is 43.2 Å². The maximum absolute atomic E-state index is 11.3. The van der Waals surface area contributed by atoms with E-state index >= 15 is 0 Å². The molecule has 1 unspecified atom stereocenters. The zero-order chi connectivity index (χ0) is 20.1. The van der Waals surface area contributed by atoms with Gasteiger partial charge >= 0.3 is 0 Å². The third-order valence-corrected chi connectivity index (χ3v) is 5.23. The fourth-order valence-corrected chi connectivity index (χ4v) is 4.22. The van der Waals surface area contributed by atoms with Crippen LogP contribution in [0.25, 0.3) is 0 Å². The van der Waals surface area contributed by atoms with Gasteiger partial charge in [-0.25, -0.2) is 0 Å². The van der Waals surface area contributed by atoms with Gasteiger partial charge in [0.2, 0.25) is 0 Å². The Morgan fingerprint density at radius 1 is 0.692 bits per heavy atom. The van der Waals surface area contributed by atoms with Crippen LogP contribution in [0.15, 0.2) is 75.9 Å². The van der Waals surface area contributed by atoms with Gasteiger partial charge in [0.15, 0.2) is 0 Å². The lowest BCUT2D eigenvalue weighted by atomic mass is 9.80. The van der Waals surface area contributed by atoms with Crippen LogP contribution in [-0.4, -0.2) is 52.1 Å². The lowest BCUT2D eigenvalue weighted by Crippen LogP contribution is -2.69. The van der Waals surface area contributed by atoms with Gasteiger partial charge in [0.25, 0.3) is 0 Å². The average Bonchev–Trinajstić information content (AvgIpc) is 2.56. The lowest BCUT2D eigenvalue weighted by Gasteiger charge is -2.55. The van der Waals surface area contributed by atoms with Gasteiger partial charge in [0, 0.05) is 19.3 Å². The highest BCUT2D eigenvalue weighted by Crippen LogP contribution is 2.39. The summed E-state index contributed by atoms with van der Waals surface area (Å²) in [7, 11) is 0. The molecular formula is C23H38NO2+. The molecule has 0 aliphatic heterocycles. The predicted molar refractivity (Wildman–Crippen MR) is 114 cm³/mol. The second-order valence-corrected chi connectivity index (χ2v) is 7.13. The van der Waals surface area contributed by atoms with Gasteiger partial charge in [-0.1, -0.05) is 37.0 Å². The minimum Gasteiger partial charge on any atom is -0.391 e. The third-order valence-electron chi connectivity index (χ3n) is 5.23. The highest BCUT2D eigenvalue weighted by atomic mass is 16.3. The number of nitrogens with zero attached hydrogens (tertiary/aromatic N) is 1.